The maximum Gasteiger partial charge on any atom is 0.326 e. The Balaban J connectivity index is 1.89. The van der Waals surface area contributed by atoms with Gasteiger partial charge in [0.25, 0.3) is 5.56 Å². The lowest BCUT2D eigenvalue weighted by Gasteiger charge is -2.15. The molecule has 0 bridgehead atoms. The number of benzene rings is 3. The van der Waals surface area contributed by atoms with Crippen molar-refractivity contribution in [2.45, 2.75) is 20.4 Å². The lowest BCUT2D eigenvalue weighted by molar-refractivity contribution is -0.144. The van der Waals surface area contributed by atoms with Crippen molar-refractivity contribution in [1.29, 1.82) is 0 Å². The van der Waals surface area contributed by atoms with E-state index < -0.39 is 17.5 Å². The molecule has 0 spiro atoms. The number of esters is 2. The van der Waals surface area contributed by atoms with Crippen molar-refractivity contribution in [2.75, 3.05) is 25.1 Å². The first-order chi connectivity index (χ1) is 16.5. The molecule has 0 aliphatic heterocycles. The number of nitrogens with zero attached hydrogens (tertiary/aromatic N) is 2. The summed E-state index contributed by atoms with van der Waals surface area (Å²) in [5.74, 6) is -0.917. The van der Waals surface area contributed by atoms with Gasteiger partial charge in [0.1, 0.15) is 18.8 Å². The van der Waals surface area contributed by atoms with Crippen molar-refractivity contribution in [1.82, 2.24) is 9.55 Å². The van der Waals surface area contributed by atoms with Crippen LogP contribution in [0.15, 0.2) is 65.5 Å². The summed E-state index contributed by atoms with van der Waals surface area (Å²) in [6, 6.07) is 18.6. The van der Waals surface area contributed by atoms with Gasteiger partial charge in [-0.3, -0.25) is 19.0 Å². The standard InChI is InChI=1S/C26H25N3O5/c1-3-33-23(30)15-27-20-12-8-7-11-19(20)25-26(32)29(16-24(31)34-4-2)22-14-18-10-6-5-9-17(18)13-21(22)28-25/h5-14,27H,3-4,15-16H2,1-2H3. The van der Waals surface area contributed by atoms with E-state index in [2.05, 4.69) is 5.32 Å². The summed E-state index contributed by atoms with van der Waals surface area (Å²) >= 11 is 0. The Morgan fingerprint density at radius 2 is 1.56 bits per heavy atom. The monoisotopic (exact) mass is 459 g/mol. The molecule has 8 heteroatoms. The molecule has 34 heavy (non-hydrogen) atoms. The summed E-state index contributed by atoms with van der Waals surface area (Å²) in [7, 11) is 0. The number of rotatable bonds is 8. The number of carbonyl (C=O) groups excluding carboxylic acids is 2. The van der Waals surface area contributed by atoms with Crippen LogP contribution in [0.2, 0.25) is 0 Å². The Morgan fingerprint density at radius 3 is 2.29 bits per heavy atom. The zero-order valence-corrected chi connectivity index (χ0v) is 19.0. The Labute approximate surface area is 196 Å². The second kappa shape index (κ2) is 10.2. The number of hydrogen-bond acceptors (Lipinski definition) is 7. The molecule has 4 aromatic rings. The SMILES string of the molecule is CCOC(=O)CNc1ccccc1-c1nc2cc3ccccc3cc2n(CC(=O)OCC)c1=O. The largest absolute Gasteiger partial charge is 0.465 e. The highest BCUT2D eigenvalue weighted by Gasteiger charge is 2.18. The Hall–Kier alpha value is -4.20. The van der Waals surface area contributed by atoms with Crippen molar-refractivity contribution < 1.29 is 19.1 Å². The van der Waals surface area contributed by atoms with Crippen LogP contribution in [0.4, 0.5) is 5.69 Å². The molecule has 0 aliphatic carbocycles. The minimum absolute atomic E-state index is 0.0555. The number of hydrogen-bond donors (Lipinski definition) is 1. The summed E-state index contributed by atoms with van der Waals surface area (Å²) < 4.78 is 11.5. The first-order valence-electron chi connectivity index (χ1n) is 11.1. The van der Waals surface area contributed by atoms with E-state index in [1.54, 1.807) is 38.1 Å². The third kappa shape index (κ3) is 4.76. The fraction of sp³-hybridized carbons (Fsp3) is 0.231. The molecule has 0 radical (unpaired) electrons. The van der Waals surface area contributed by atoms with E-state index >= 15 is 0 Å². The molecule has 4 rings (SSSR count). The normalized spacial score (nSPS) is 10.9. The molecule has 0 aliphatic rings. The Morgan fingerprint density at radius 1 is 0.912 bits per heavy atom. The molecule has 0 fully saturated rings. The molecule has 0 saturated carbocycles. The van der Waals surface area contributed by atoms with Gasteiger partial charge in [-0.05, 0) is 42.8 Å². The second-order valence-electron chi connectivity index (χ2n) is 7.55. The van der Waals surface area contributed by atoms with Crippen LogP contribution < -0.4 is 10.9 Å². The average molecular weight is 460 g/mol. The van der Waals surface area contributed by atoms with Gasteiger partial charge in [0.15, 0.2) is 0 Å². The van der Waals surface area contributed by atoms with Crippen molar-refractivity contribution in [3.63, 3.8) is 0 Å². The van der Waals surface area contributed by atoms with E-state index in [0.29, 0.717) is 22.3 Å². The quantitative estimate of drug-likeness (QED) is 0.316. The maximum absolute atomic E-state index is 13.6. The van der Waals surface area contributed by atoms with Crippen LogP contribution in [0.5, 0.6) is 0 Å². The van der Waals surface area contributed by atoms with Gasteiger partial charge in [-0.25, -0.2) is 4.98 Å². The molecule has 174 valence electrons. The van der Waals surface area contributed by atoms with E-state index in [9.17, 15) is 14.4 Å². The summed E-state index contributed by atoms with van der Waals surface area (Å²) in [5.41, 5.74) is 1.92. The number of para-hydroxylation sites is 1. The van der Waals surface area contributed by atoms with E-state index in [0.717, 1.165) is 10.8 Å². The Bertz CT molecular complexity index is 1430. The van der Waals surface area contributed by atoms with Gasteiger partial charge >= 0.3 is 11.9 Å². The lowest BCUT2D eigenvalue weighted by Crippen LogP contribution is -2.28. The molecule has 8 nitrogen and oxygen atoms in total. The van der Waals surface area contributed by atoms with Crippen LogP contribution in [0.25, 0.3) is 33.1 Å². The first kappa shape index (κ1) is 23.0. The number of aromatic nitrogens is 2. The third-order valence-corrected chi connectivity index (χ3v) is 5.32. The minimum atomic E-state index is -0.509. The predicted molar refractivity (Wildman–Crippen MR) is 131 cm³/mol. The Kier molecular flexibility index (Phi) is 6.87. The van der Waals surface area contributed by atoms with E-state index in [4.69, 9.17) is 14.5 Å². The highest BCUT2D eigenvalue weighted by Crippen LogP contribution is 2.27. The lowest BCUT2D eigenvalue weighted by atomic mass is 10.1. The second-order valence-corrected chi connectivity index (χ2v) is 7.55. The number of anilines is 1. The number of fused-ring (bicyclic) bond motifs is 2. The summed E-state index contributed by atoms with van der Waals surface area (Å²) in [6.45, 7) is 3.65. The van der Waals surface area contributed by atoms with Crippen LogP contribution in [-0.4, -0.2) is 41.2 Å². The van der Waals surface area contributed by atoms with Crippen molar-refractivity contribution in [3.8, 4) is 11.3 Å². The molecule has 0 atom stereocenters. The smallest absolute Gasteiger partial charge is 0.326 e. The molecule has 1 N–H and O–H groups in total. The molecule has 0 amide bonds. The van der Waals surface area contributed by atoms with Crippen LogP contribution in [-0.2, 0) is 25.6 Å². The number of carbonyl (C=O) groups is 2. The molecule has 1 aromatic heterocycles. The van der Waals surface area contributed by atoms with Crippen molar-refractivity contribution in [2.24, 2.45) is 0 Å². The van der Waals surface area contributed by atoms with Crippen LogP contribution in [0, 0.1) is 0 Å². The highest BCUT2D eigenvalue weighted by atomic mass is 16.5. The van der Waals surface area contributed by atoms with Gasteiger partial charge in [-0.15, -0.1) is 0 Å². The topological polar surface area (TPSA) is 99.5 Å². The summed E-state index contributed by atoms with van der Waals surface area (Å²) in [4.78, 5) is 42.5. The molecular weight excluding hydrogens is 434 g/mol. The van der Waals surface area contributed by atoms with Crippen LogP contribution in [0.3, 0.4) is 0 Å². The van der Waals surface area contributed by atoms with Gasteiger partial charge in [-0.2, -0.15) is 0 Å². The average Bonchev–Trinajstić information content (AvgIpc) is 2.84. The highest BCUT2D eigenvalue weighted by molar-refractivity contribution is 5.96. The van der Waals surface area contributed by atoms with Gasteiger partial charge in [0.2, 0.25) is 0 Å². The number of ether oxygens (including phenoxy) is 2. The maximum atomic E-state index is 13.6. The molecule has 0 saturated heterocycles. The van der Waals surface area contributed by atoms with E-state index in [-0.39, 0.29) is 32.0 Å². The predicted octanol–water partition coefficient (Wildman–Crippen LogP) is 3.75. The number of nitrogens with one attached hydrogen (secondary N) is 1. The van der Waals surface area contributed by atoms with E-state index in [1.165, 1.54) is 4.57 Å². The summed E-state index contributed by atoms with van der Waals surface area (Å²) in [5, 5.41) is 4.92. The zero-order chi connectivity index (χ0) is 24.1. The molecule has 0 unspecified atom stereocenters. The van der Waals surface area contributed by atoms with Gasteiger partial charge < -0.3 is 14.8 Å². The molecule has 3 aromatic carbocycles. The van der Waals surface area contributed by atoms with Gasteiger partial charge in [0, 0.05) is 11.3 Å². The van der Waals surface area contributed by atoms with Crippen LogP contribution in [0.1, 0.15) is 13.8 Å². The fourth-order valence-corrected chi connectivity index (χ4v) is 3.82. The van der Waals surface area contributed by atoms with Gasteiger partial charge in [-0.1, -0.05) is 42.5 Å². The van der Waals surface area contributed by atoms with Crippen molar-refractivity contribution >= 4 is 39.4 Å². The van der Waals surface area contributed by atoms with E-state index in [1.807, 2.05) is 36.4 Å². The van der Waals surface area contributed by atoms with Gasteiger partial charge in [0.05, 0.1) is 24.2 Å². The van der Waals surface area contributed by atoms with Crippen molar-refractivity contribution in [3.05, 3.63) is 71.0 Å². The fourth-order valence-electron chi connectivity index (χ4n) is 3.82. The van der Waals surface area contributed by atoms with Crippen LogP contribution >= 0.6 is 0 Å². The third-order valence-electron chi connectivity index (χ3n) is 5.32. The molecule has 1 heterocycles. The minimum Gasteiger partial charge on any atom is -0.465 e. The summed E-state index contributed by atoms with van der Waals surface area (Å²) in [6.07, 6.45) is 0. The molecular formula is C26H25N3O5. The zero-order valence-electron chi connectivity index (χ0n) is 19.0. The first-order valence-corrected chi connectivity index (χ1v) is 11.1.